The topological polar surface area (TPSA) is 54.4 Å². The Balaban J connectivity index is 1.80. The number of aliphatic hydroxyl groups excluding tert-OH is 1. The fourth-order valence-electron chi connectivity index (χ4n) is 6.30. The monoisotopic (exact) mass is 302 g/mol. The van der Waals surface area contributed by atoms with Gasteiger partial charge in [0.05, 0.1) is 6.61 Å². The molecule has 0 saturated heterocycles. The van der Waals surface area contributed by atoms with Crippen LogP contribution in [0.15, 0.2) is 11.6 Å². The second-order valence-corrected chi connectivity index (χ2v) is 8.25. The maximum absolute atomic E-state index is 12.9. The minimum atomic E-state index is -0.284. The molecule has 4 aliphatic carbocycles. The molecule has 0 aromatic rings. The van der Waals surface area contributed by atoms with Crippen molar-refractivity contribution in [3.63, 3.8) is 0 Å². The number of ketones is 2. The summed E-state index contributed by atoms with van der Waals surface area (Å²) in [7, 11) is 0. The third kappa shape index (κ3) is 1.66. The van der Waals surface area contributed by atoms with E-state index in [9.17, 15) is 14.7 Å². The van der Waals surface area contributed by atoms with E-state index in [4.69, 9.17) is 0 Å². The summed E-state index contributed by atoms with van der Waals surface area (Å²) >= 11 is 0. The molecule has 4 rings (SSSR count). The molecule has 0 aromatic heterocycles. The van der Waals surface area contributed by atoms with Gasteiger partial charge in [0.25, 0.3) is 0 Å². The first kappa shape index (κ1) is 14.6. The number of fused-ring (bicyclic) bond motifs is 5. The van der Waals surface area contributed by atoms with Gasteiger partial charge in [0.2, 0.25) is 0 Å². The molecule has 3 saturated carbocycles. The van der Waals surface area contributed by atoms with E-state index in [1.807, 2.05) is 6.08 Å². The number of aliphatic hydroxyl groups is 1. The SMILES string of the molecule is C[C@]12CC[C@H]3[C@@H](C(=O)C=C4CCCC[C@@]43CO)[C@@H]1CCC2=O. The van der Waals surface area contributed by atoms with Crippen LogP contribution in [0.4, 0.5) is 0 Å². The van der Waals surface area contributed by atoms with Crippen LogP contribution in [-0.2, 0) is 9.59 Å². The third-order valence-electron chi connectivity index (χ3n) is 7.57. The third-order valence-corrected chi connectivity index (χ3v) is 7.57. The smallest absolute Gasteiger partial charge is 0.159 e. The Labute approximate surface area is 132 Å². The lowest BCUT2D eigenvalue weighted by Crippen LogP contribution is -2.54. The van der Waals surface area contributed by atoms with Gasteiger partial charge in [-0.2, -0.15) is 0 Å². The van der Waals surface area contributed by atoms with Crippen molar-refractivity contribution in [2.24, 2.45) is 28.6 Å². The Morgan fingerprint density at radius 3 is 2.73 bits per heavy atom. The van der Waals surface area contributed by atoms with Crippen molar-refractivity contribution in [1.29, 1.82) is 0 Å². The highest BCUT2D eigenvalue weighted by Crippen LogP contribution is 2.63. The van der Waals surface area contributed by atoms with Crippen LogP contribution in [0.25, 0.3) is 0 Å². The fourth-order valence-corrected chi connectivity index (χ4v) is 6.30. The quantitative estimate of drug-likeness (QED) is 0.810. The molecule has 0 radical (unpaired) electrons. The second kappa shape index (κ2) is 4.77. The lowest BCUT2D eigenvalue weighted by atomic mass is 9.47. The van der Waals surface area contributed by atoms with Gasteiger partial charge in [0.15, 0.2) is 5.78 Å². The van der Waals surface area contributed by atoms with Gasteiger partial charge >= 0.3 is 0 Å². The molecule has 0 aliphatic heterocycles. The van der Waals surface area contributed by atoms with Crippen LogP contribution in [-0.4, -0.2) is 23.3 Å². The van der Waals surface area contributed by atoms with Crippen LogP contribution in [0.3, 0.4) is 0 Å². The van der Waals surface area contributed by atoms with Crippen molar-refractivity contribution < 1.29 is 14.7 Å². The van der Waals surface area contributed by atoms with E-state index >= 15 is 0 Å². The Kier molecular flexibility index (Phi) is 3.17. The molecule has 4 aliphatic rings. The summed E-state index contributed by atoms with van der Waals surface area (Å²) in [4.78, 5) is 25.2. The number of rotatable bonds is 1. The van der Waals surface area contributed by atoms with Crippen molar-refractivity contribution in [3.05, 3.63) is 11.6 Å². The van der Waals surface area contributed by atoms with Crippen molar-refractivity contribution in [1.82, 2.24) is 0 Å². The average molecular weight is 302 g/mol. The molecule has 3 nitrogen and oxygen atoms in total. The zero-order valence-corrected chi connectivity index (χ0v) is 13.4. The Bertz CT molecular complexity index is 563. The van der Waals surface area contributed by atoms with E-state index in [2.05, 4.69) is 6.92 Å². The van der Waals surface area contributed by atoms with E-state index < -0.39 is 0 Å². The number of hydrogen-bond donors (Lipinski definition) is 1. The highest BCUT2D eigenvalue weighted by Gasteiger charge is 2.61. The van der Waals surface area contributed by atoms with Gasteiger partial charge in [-0.25, -0.2) is 0 Å². The van der Waals surface area contributed by atoms with E-state index in [1.54, 1.807) is 0 Å². The zero-order valence-electron chi connectivity index (χ0n) is 13.4. The highest BCUT2D eigenvalue weighted by atomic mass is 16.3. The molecule has 0 aromatic carbocycles. The van der Waals surface area contributed by atoms with Gasteiger partial charge in [-0.3, -0.25) is 9.59 Å². The van der Waals surface area contributed by atoms with Crippen LogP contribution < -0.4 is 0 Å². The standard InChI is InChI=1S/C19H26O3/c1-18-9-7-14-17(13(18)5-6-16(18)22)15(21)10-12-4-2-3-8-19(12,14)11-20/h10,13-14,17,20H,2-9,11H2,1H3/t13-,14-,17-,18-,19+/m0/s1. The van der Waals surface area contributed by atoms with Crippen molar-refractivity contribution in [2.45, 2.75) is 58.3 Å². The van der Waals surface area contributed by atoms with E-state index in [0.717, 1.165) is 44.9 Å². The molecule has 0 heterocycles. The largest absolute Gasteiger partial charge is 0.395 e. The van der Waals surface area contributed by atoms with Crippen molar-refractivity contribution in [2.75, 3.05) is 6.61 Å². The van der Waals surface area contributed by atoms with Crippen LogP contribution in [0.2, 0.25) is 0 Å². The first-order valence-corrected chi connectivity index (χ1v) is 8.92. The molecular weight excluding hydrogens is 276 g/mol. The highest BCUT2D eigenvalue weighted by molar-refractivity contribution is 5.96. The molecule has 3 fully saturated rings. The molecule has 22 heavy (non-hydrogen) atoms. The predicted molar refractivity (Wildman–Crippen MR) is 83.1 cm³/mol. The first-order chi connectivity index (χ1) is 10.5. The summed E-state index contributed by atoms with van der Waals surface area (Å²) in [5.41, 5.74) is 0.762. The molecule has 3 heteroatoms. The van der Waals surface area contributed by atoms with Crippen LogP contribution in [0.1, 0.15) is 58.3 Å². The summed E-state index contributed by atoms with van der Waals surface area (Å²) in [6.07, 6.45) is 9.47. The van der Waals surface area contributed by atoms with E-state index in [-0.39, 0.29) is 41.0 Å². The van der Waals surface area contributed by atoms with Gasteiger partial charge in [-0.15, -0.1) is 0 Å². The molecule has 5 atom stereocenters. The molecule has 120 valence electrons. The number of Topliss-reactive ketones (excluding diaryl/α,β-unsaturated/α-hetero) is 1. The maximum atomic E-state index is 12.9. The maximum Gasteiger partial charge on any atom is 0.159 e. The molecular formula is C19H26O3. The Morgan fingerprint density at radius 2 is 1.95 bits per heavy atom. The summed E-state index contributed by atoms with van der Waals surface area (Å²) in [6, 6.07) is 0. The lowest BCUT2D eigenvalue weighted by molar-refractivity contribution is -0.141. The molecule has 0 spiro atoms. The average Bonchev–Trinajstić information content (AvgIpc) is 2.83. The van der Waals surface area contributed by atoms with Crippen LogP contribution in [0.5, 0.6) is 0 Å². The second-order valence-electron chi connectivity index (χ2n) is 8.25. The Hall–Kier alpha value is -0.960. The summed E-state index contributed by atoms with van der Waals surface area (Å²) in [5, 5.41) is 10.2. The zero-order chi connectivity index (χ0) is 15.5. The number of hydrogen-bond acceptors (Lipinski definition) is 3. The van der Waals surface area contributed by atoms with Gasteiger partial charge < -0.3 is 5.11 Å². The fraction of sp³-hybridized carbons (Fsp3) is 0.789. The minimum Gasteiger partial charge on any atom is -0.395 e. The van der Waals surface area contributed by atoms with Crippen molar-refractivity contribution >= 4 is 11.6 Å². The summed E-state index contributed by atoms with van der Waals surface area (Å²) < 4.78 is 0. The Morgan fingerprint density at radius 1 is 1.14 bits per heavy atom. The predicted octanol–water partition coefficient (Wildman–Crippen LogP) is 3.06. The van der Waals surface area contributed by atoms with Gasteiger partial charge in [0.1, 0.15) is 5.78 Å². The summed E-state index contributed by atoms with van der Waals surface area (Å²) in [5.74, 6) is 1.04. The molecule has 0 amide bonds. The van der Waals surface area contributed by atoms with E-state index in [1.165, 1.54) is 5.57 Å². The van der Waals surface area contributed by atoms with Crippen molar-refractivity contribution in [3.8, 4) is 0 Å². The minimum absolute atomic E-state index is 0.0285. The number of allylic oxidation sites excluding steroid dienone is 1. The van der Waals surface area contributed by atoms with Gasteiger partial charge in [-0.05, 0) is 56.4 Å². The van der Waals surface area contributed by atoms with Gasteiger partial charge in [0, 0.05) is 23.2 Å². The number of carbonyl (C=O) groups excluding carboxylic acids is 2. The van der Waals surface area contributed by atoms with E-state index in [0.29, 0.717) is 12.2 Å². The molecule has 0 unspecified atom stereocenters. The normalized spacial score (nSPS) is 47.5. The summed E-state index contributed by atoms with van der Waals surface area (Å²) in [6.45, 7) is 2.26. The van der Waals surface area contributed by atoms with Gasteiger partial charge in [-0.1, -0.05) is 18.9 Å². The number of carbonyl (C=O) groups is 2. The molecule has 1 N–H and O–H groups in total. The lowest BCUT2D eigenvalue weighted by Gasteiger charge is -2.56. The molecule has 0 bridgehead atoms. The first-order valence-electron chi connectivity index (χ1n) is 8.92. The van der Waals surface area contributed by atoms with Crippen LogP contribution in [0, 0.1) is 28.6 Å². The van der Waals surface area contributed by atoms with Crippen LogP contribution >= 0.6 is 0 Å².